The van der Waals surface area contributed by atoms with Crippen molar-refractivity contribution in [1.82, 2.24) is 15.0 Å². The third-order valence-electron chi connectivity index (χ3n) is 3.26. The van der Waals surface area contributed by atoms with Gasteiger partial charge in [0.15, 0.2) is 0 Å². The summed E-state index contributed by atoms with van der Waals surface area (Å²) < 4.78 is 5.30. The second-order valence-electron chi connectivity index (χ2n) is 4.77. The van der Waals surface area contributed by atoms with Gasteiger partial charge in [-0.1, -0.05) is 29.8 Å². The van der Waals surface area contributed by atoms with Crippen molar-refractivity contribution in [1.29, 1.82) is 0 Å². The molecule has 0 saturated carbocycles. The first-order valence-electron chi connectivity index (χ1n) is 6.60. The first-order chi connectivity index (χ1) is 9.72. The Morgan fingerprint density at radius 3 is 2.55 bits per heavy atom. The number of rotatable bonds is 2. The average molecular weight is 272 g/mol. The molecule has 6 heteroatoms. The minimum absolute atomic E-state index is 0.378. The van der Waals surface area contributed by atoms with Crippen molar-refractivity contribution in [3.63, 3.8) is 0 Å². The molecule has 1 saturated heterocycles. The third-order valence-corrected chi connectivity index (χ3v) is 3.26. The summed E-state index contributed by atoms with van der Waals surface area (Å²) in [4.78, 5) is 24.8. The standard InChI is InChI=1S/C14H16N4O2/c1-10-2-4-11(5-3-10)12-15-13(17-14(19)16-12)18-6-8-20-9-7-18/h2-5H,6-9H2,1H3,(H,15,16,17,19). The van der Waals surface area contributed by atoms with E-state index in [1.165, 1.54) is 5.56 Å². The summed E-state index contributed by atoms with van der Waals surface area (Å²) in [6.07, 6.45) is 0. The minimum Gasteiger partial charge on any atom is -0.378 e. The highest BCUT2D eigenvalue weighted by Gasteiger charge is 2.15. The monoisotopic (exact) mass is 272 g/mol. The van der Waals surface area contributed by atoms with Crippen LogP contribution in [0.4, 0.5) is 5.95 Å². The van der Waals surface area contributed by atoms with E-state index in [9.17, 15) is 4.79 Å². The number of H-pyrrole nitrogens is 1. The number of aromatic amines is 1. The zero-order chi connectivity index (χ0) is 13.9. The Morgan fingerprint density at radius 2 is 1.85 bits per heavy atom. The van der Waals surface area contributed by atoms with Crippen LogP contribution in [0.1, 0.15) is 5.56 Å². The summed E-state index contributed by atoms with van der Waals surface area (Å²) in [6.45, 7) is 4.70. The fourth-order valence-corrected chi connectivity index (χ4v) is 2.13. The molecular formula is C14H16N4O2. The van der Waals surface area contributed by atoms with Crippen molar-refractivity contribution in [2.75, 3.05) is 31.2 Å². The van der Waals surface area contributed by atoms with Crippen LogP contribution in [0, 0.1) is 6.92 Å². The molecule has 0 aliphatic carbocycles. The second kappa shape index (κ2) is 5.42. The number of hydrogen-bond donors (Lipinski definition) is 1. The molecule has 1 aliphatic heterocycles. The Morgan fingerprint density at radius 1 is 1.15 bits per heavy atom. The van der Waals surface area contributed by atoms with Crippen LogP contribution >= 0.6 is 0 Å². The van der Waals surface area contributed by atoms with Crippen molar-refractivity contribution in [2.45, 2.75) is 6.92 Å². The van der Waals surface area contributed by atoms with E-state index in [4.69, 9.17) is 4.74 Å². The van der Waals surface area contributed by atoms with Gasteiger partial charge in [-0.05, 0) is 6.92 Å². The topological polar surface area (TPSA) is 71.1 Å². The first kappa shape index (κ1) is 12.8. The Kier molecular flexibility index (Phi) is 3.47. The number of aromatic nitrogens is 3. The number of aryl methyl sites for hydroxylation is 1. The van der Waals surface area contributed by atoms with Crippen LogP contribution in [0.15, 0.2) is 29.1 Å². The van der Waals surface area contributed by atoms with Gasteiger partial charge in [-0.2, -0.15) is 9.97 Å². The van der Waals surface area contributed by atoms with Crippen molar-refractivity contribution >= 4 is 5.95 Å². The van der Waals surface area contributed by atoms with Gasteiger partial charge < -0.3 is 9.64 Å². The lowest BCUT2D eigenvalue weighted by atomic mass is 10.1. The summed E-state index contributed by atoms with van der Waals surface area (Å²) >= 11 is 0. The predicted octanol–water partition coefficient (Wildman–Crippen LogP) is 0.977. The molecule has 0 spiro atoms. The van der Waals surface area contributed by atoms with Crippen molar-refractivity contribution < 1.29 is 4.74 Å². The predicted molar refractivity (Wildman–Crippen MR) is 75.9 cm³/mol. The molecule has 0 bridgehead atoms. The maximum absolute atomic E-state index is 11.7. The number of nitrogens with one attached hydrogen (secondary N) is 1. The van der Waals surface area contributed by atoms with E-state index in [-0.39, 0.29) is 5.69 Å². The highest BCUT2D eigenvalue weighted by Crippen LogP contribution is 2.16. The summed E-state index contributed by atoms with van der Waals surface area (Å²) in [5.41, 5.74) is 1.67. The van der Waals surface area contributed by atoms with Gasteiger partial charge in [0, 0.05) is 18.7 Å². The lowest BCUT2D eigenvalue weighted by Gasteiger charge is -2.26. The Balaban J connectivity index is 1.97. The number of benzene rings is 1. The summed E-state index contributed by atoms with van der Waals surface area (Å²) in [6, 6.07) is 7.86. The minimum atomic E-state index is -0.378. The number of morpholine rings is 1. The average Bonchev–Trinajstić information content (AvgIpc) is 2.48. The van der Waals surface area contributed by atoms with Crippen molar-refractivity contribution in [3.8, 4) is 11.4 Å². The molecule has 20 heavy (non-hydrogen) atoms. The van der Waals surface area contributed by atoms with Gasteiger partial charge in [0.25, 0.3) is 0 Å². The molecule has 0 unspecified atom stereocenters. The molecule has 1 fully saturated rings. The van der Waals surface area contributed by atoms with E-state index in [0.717, 1.165) is 5.56 Å². The lowest BCUT2D eigenvalue weighted by Crippen LogP contribution is -2.38. The van der Waals surface area contributed by atoms with Crippen LogP contribution in [-0.4, -0.2) is 41.3 Å². The highest BCUT2D eigenvalue weighted by molar-refractivity contribution is 5.56. The zero-order valence-electron chi connectivity index (χ0n) is 11.3. The number of nitrogens with zero attached hydrogens (tertiary/aromatic N) is 3. The van der Waals surface area contributed by atoms with Gasteiger partial charge in [-0.3, -0.25) is 4.98 Å². The molecule has 3 rings (SSSR count). The molecule has 1 aliphatic rings. The van der Waals surface area contributed by atoms with Gasteiger partial charge in [-0.25, -0.2) is 4.79 Å². The molecule has 6 nitrogen and oxygen atoms in total. The fourth-order valence-electron chi connectivity index (χ4n) is 2.13. The summed E-state index contributed by atoms with van der Waals surface area (Å²) in [5.74, 6) is 1.01. The van der Waals surface area contributed by atoms with Crippen LogP contribution in [-0.2, 0) is 4.74 Å². The second-order valence-corrected chi connectivity index (χ2v) is 4.77. The Bertz CT molecular complexity index is 645. The molecule has 0 amide bonds. The first-order valence-corrected chi connectivity index (χ1v) is 6.60. The van der Waals surface area contributed by atoms with Gasteiger partial charge >= 0.3 is 5.69 Å². The Hall–Kier alpha value is -2.21. The van der Waals surface area contributed by atoms with E-state index < -0.39 is 0 Å². The van der Waals surface area contributed by atoms with E-state index in [1.54, 1.807) is 0 Å². The molecule has 1 aromatic heterocycles. The maximum atomic E-state index is 11.7. The van der Waals surface area contributed by atoms with E-state index in [2.05, 4.69) is 15.0 Å². The van der Waals surface area contributed by atoms with Gasteiger partial charge in [0.2, 0.25) is 5.95 Å². The summed E-state index contributed by atoms with van der Waals surface area (Å²) in [7, 11) is 0. The van der Waals surface area contributed by atoms with Crippen LogP contribution in [0.2, 0.25) is 0 Å². The van der Waals surface area contributed by atoms with E-state index in [0.29, 0.717) is 38.1 Å². The SMILES string of the molecule is Cc1ccc(-c2nc(N3CCOCC3)nc(=O)[nH]2)cc1. The smallest absolute Gasteiger partial charge is 0.349 e. The molecule has 1 aromatic carbocycles. The van der Waals surface area contributed by atoms with E-state index >= 15 is 0 Å². The third kappa shape index (κ3) is 2.70. The molecular weight excluding hydrogens is 256 g/mol. The number of anilines is 1. The maximum Gasteiger partial charge on any atom is 0.349 e. The number of hydrogen-bond acceptors (Lipinski definition) is 5. The zero-order valence-corrected chi connectivity index (χ0v) is 11.3. The van der Waals surface area contributed by atoms with Crippen LogP contribution in [0.3, 0.4) is 0 Å². The summed E-state index contributed by atoms with van der Waals surface area (Å²) in [5, 5.41) is 0. The largest absolute Gasteiger partial charge is 0.378 e. The number of ether oxygens (including phenoxy) is 1. The fraction of sp³-hybridized carbons (Fsp3) is 0.357. The molecule has 0 atom stereocenters. The van der Waals surface area contributed by atoms with Crippen molar-refractivity contribution in [2.24, 2.45) is 0 Å². The van der Waals surface area contributed by atoms with Crippen molar-refractivity contribution in [3.05, 3.63) is 40.3 Å². The lowest BCUT2D eigenvalue weighted by molar-refractivity contribution is 0.122. The van der Waals surface area contributed by atoms with Gasteiger partial charge in [0.1, 0.15) is 5.82 Å². The van der Waals surface area contributed by atoms with Gasteiger partial charge in [0.05, 0.1) is 13.2 Å². The van der Waals surface area contributed by atoms with Gasteiger partial charge in [-0.15, -0.1) is 0 Å². The highest BCUT2D eigenvalue weighted by atomic mass is 16.5. The molecule has 0 radical (unpaired) electrons. The normalized spacial score (nSPS) is 15.3. The van der Waals surface area contributed by atoms with Crippen LogP contribution in [0.5, 0.6) is 0 Å². The van der Waals surface area contributed by atoms with Crippen LogP contribution in [0.25, 0.3) is 11.4 Å². The molecule has 1 N–H and O–H groups in total. The molecule has 2 heterocycles. The van der Waals surface area contributed by atoms with E-state index in [1.807, 2.05) is 36.1 Å². The molecule has 104 valence electrons. The molecule has 2 aromatic rings. The quantitative estimate of drug-likeness (QED) is 0.882. The Labute approximate surface area is 116 Å². The van der Waals surface area contributed by atoms with Crippen LogP contribution < -0.4 is 10.6 Å².